The van der Waals surface area contributed by atoms with Gasteiger partial charge < -0.3 is 25.0 Å². The van der Waals surface area contributed by atoms with E-state index in [1.165, 1.54) is 4.90 Å². The van der Waals surface area contributed by atoms with Crippen molar-refractivity contribution < 1.29 is 19.4 Å². The summed E-state index contributed by atoms with van der Waals surface area (Å²) in [5.41, 5.74) is 0. The molecule has 2 aliphatic heterocycles. The third-order valence-electron chi connectivity index (χ3n) is 4.09. The van der Waals surface area contributed by atoms with Gasteiger partial charge in [-0.25, -0.2) is 9.59 Å². The van der Waals surface area contributed by atoms with Crippen molar-refractivity contribution in [1.82, 2.24) is 15.1 Å². The number of ether oxygens (including phenoxy) is 1. The summed E-state index contributed by atoms with van der Waals surface area (Å²) in [4.78, 5) is 27.1. The number of piperidine rings is 1. The SMILES string of the molecule is CC1CN(C)CCC1NC(=O)N1CCOCC1C(=O)O. The summed E-state index contributed by atoms with van der Waals surface area (Å²) < 4.78 is 5.14. The van der Waals surface area contributed by atoms with E-state index in [2.05, 4.69) is 24.2 Å². The number of carboxylic acid groups (broad SMARTS) is 1. The van der Waals surface area contributed by atoms with E-state index in [1.54, 1.807) is 0 Å². The van der Waals surface area contributed by atoms with Crippen molar-refractivity contribution in [2.45, 2.75) is 25.4 Å². The van der Waals surface area contributed by atoms with Crippen molar-refractivity contribution in [3.63, 3.8) is 0 Å². The summed E-state index contributed by atoms with van der Waals surface area (Å²) in [7, 11) is 2.07. The number of carbonyl (C=O) groups is 2. The van der Waals surface area contributed by atoms with Crippen LogP contribution in [0.25, 0.3) is 0 Å². The average Bonchev–Trinajstić information content (AvgIpc) is 2.41. The highest BCUT2D eigenvalue weighted by atomic mass is 16.5. The smallest absolute Gasteiger partial charge is 0.328 e. The van der Waals surface area contributed by atoms with Gasteiger partial charge in [0.1, 0.15) is 0 Å². The highest BCUT2D eigenvalue weighted by molar-refractivity contribution is 5.83. The second kappa shape index (κ2) is 6.41. The molecular weight excluding hydrogens is 262 g/mol. The van der Waals surface area contributed by atoms with E-state index in [-0.39, 0.29) is 18.7 Å². The van der Waals surface area contributed by atoms with Crippen LogP contribution in [0.1, 0.15) is 13.3 Å². The van der Waals surface area contributed by atoms with Crippen LogP contribution in [0.2, 0.25) is 0 Å². The number of rotatable bonds is 2. The predicted octanol–water partition coefficient (Wildman–Crippen LogP) is -0.178. The van der Waals surface area contributed by atoms with E-state index >= 15 is 0 Å². The Kier molecular flexibility index (Phi) is 4.82. The number of urea groups is 1. The van der Waals surface area contributed by atoms with Crippen molar-refractivity contribution in [3.8, 4) is 0 Å². The second-order valence-corrected chi connectivity index (χ2v) is 5.71. The maximum absolute atomic E-state index is 12.3. The highest BCUT2D eigenvalue weighted by Crippen LogP contribution is 2.16. The summed E-state index contributed by atoms with van der Waals surface area (Å²) in [5, 5.41) is 12.1. The zero-order valence-electron chi connectivity index (χ0n) is 12.0. The molecule has 0 saturated carbocycles. The minimum Gasteiger partial charge on any atom is -0.480 e. The topological polar surface area (TPSA) is 82.1 Å². The van der Waals surface area contributed by atoms with Crippen LogP contribution in [-0.2, 0) is 9.53 Å². The molecule has 7 nitrogen and oxygen atoms in total. The first-order valence-electron chi connectivity index (χ1n) is 7.05. The Morgan fingerprint density at radius 1 is 1.35 bits per heavy atom. The van der Waals surface area contributed by atoms with Crippen molar-refractivity contribution in [1.29, 1.82) is 0 Å². The normalized spacial score (nSPS) is 31.9. The van der Waals surface area contributed by atoms with Gasteiger partial charge in [0.05, 0.1) is 13.2 Å². The molecule has 0 spiro atoms. The molecule has 2 saturated heterocycles. The van der Waals surface area contributed by atoms with Crippen molar-refractivity contribution >= 4 is 12.0 Å². The number of hydrogen-bond acceptors (Lipinski definition) is 4. The number of carbonyl (C=O) groups excluding carboxylic acids is 1. The molecule has 0 aliphatic carbocycles. The number of likely N-dealkylation sites (tertiary alicyclic amines) is 1. The van der Waals surface area contributed by atoms with E-state index in [0.29, 0.717) is 19.1 Å². The van der Waals surface area contributed by atoms with Crippen LogP contribution in [0.5, 0.6) is 0 Å². The molecule has 2 aliphatic rings. The van der Waals surface area contributed by atoms with Crippen LogP contribution in [0.3, 0.4) is 0 Å². The molecule has 2 rings (SSSR count). The molecule has 114 valence electrons. The fourth-order valence-electron chi connectivity index (χ4n) is 2.86. The van der Waals surface area contributed by atoms with Crippen LogP contribution < -0.4 is 5.32 Å². The lowest BCUT2D eigenvalue weighted by Gasteiger charge is -2.38. The van der Waals surface area contributed by atoms with E-state index < -0.39 is 12.0 Å². The molecular formula is C13H23N3O4. The third-order valence-corrected chi connectivity index (χ3v) is 4.09. The number of hydrogen-bond donors (Lipinski definition) is 2. The number of carboxylic acids is 1. The zero-order valence-corrected chi connectivity index (χ0v) is 12.0. The minimum absolute atomic E-state index is 0.0612. The second-order valence-electron chi connectivity index (χ2n) is 5.71. The number of aliphatic carboxylic acids is 1. The lowest BCUT2D eigenvalue weighted by atomic mass is 9.94. The lowest BCUT2D eigenvalue weighted by molar-refractivity contribution is -0.147. The van der Waals surface area contributed by atoms with E-state index in [0.717, 1.165) is 19.5 Å². The lowest BCUT2D eigenvalue weighted by Crippen LogP contribution is -2.59. The maximum atomic E-state index is 12.3. The van der Waals surface area contributed by atoms with Gasteiger partial charge in [0.2, 0.25) is 0 Å². The Labute approximate surface area is 118 Å². The molecule has 0 bridgehead atoms. The quantitative estimate of drug-likeness (QED) is 0.735. The Morgan fingerprint density at radius 3 is 2.75 bits per heavy atom. The van der Waals surface area contributed by atoms with Gasteiger partial charge in [-0.1, -0.05) is 6.92 Å². The van der Waals surface area contributed by atoms with Gasteiger partial charge in [-0.2, -0.15) is 0 Å². The molecule has 0 aromatic rings. The minimum atomic E-state index is -1.02. The molecule has 0 radical (unpaired) electrons. The number of nitrogens with one attached hydrogen (secondary N) is 1. The molecule has 2 amide bonds. The number of morpholine rings is 1. The standard InChI is InChI=1S/C13H23N3O4/c1-9-7-15(2)4-3-10(9)14-13(19)16-5-6-20-8-11(16)12(17)18/h9-11H,3-8H2,1-2H3,(H,14,19)(H,17,18). The fraction of sp³-hybridized carbons (Fsp3) is 0.846. The average molecular weight is 285 g/mol. The molecule has 2 heterocycles. The van der Waals surface area contributed by atoms with Crippen LogP contribution in [0.4, 0.5) is 4.79 Å². The van der Waals surface area contributed by atoms with Gasteiger partial charge in [-0.3, -0.25) is 0 Å². The van der Waals surface area contributed by atoms with Crippen molar-refractivity contribution in [2.24, 2.45) is 5.92 Å². The van der Waals surface area contributed by atoms with Gasteiger partial charge in [-0.05, 0) is 25.9 Å². The molecule has 3 atom stereocenters. The van der Waals surface area contributed by atoms with Crippen LogP contribution >= 0.6 is 0 Å². The summed E-state index contributed by atoms with van der Waals surface area (Å²) in [5.74, 6) is -0.654. The summed E-state index contributed by atoms with van der Waals surface area (Å²) >= 11 is 0. The number of nitrogens with zero attached hydrogens (tertiary/aromatic N) is 2. The summed E-state index contributed by atoms with van der Waals surface area (Å²) in [6.45, 7) is 4.77. The summed E-state index contributed by atoms with van der Waals surface area (Å²) in [6, 6.07) is -1.07. The van der Waals surface area contributed by atoms with Crippen molar-refractivity contribution in [3.05, 3.63) is 0 Å². The molecule has 0 aromatic carbocycles. The van der Waals surface area contributed by atoms with Gasteiger partial charge in [-0.15, -0.1) is 0 Å². The van der Waals surface area contributed by atoms with Gasteiger partial charge >= 0.3 is 12.0 Å². The largest absolute Gasteiger partial charge is 0.480 e. The third kappa shape index (κ3) is 3.40. The number of amides is 2. The molecule has 3 unspecified atom stereocenters. The van der Waals surface area contributed by atoms with Gasteiger partial charge in [0.15, 0.2) is 6.04 Å². The van der Waals surface area contributed by atoms with E-state index in [1.807, 2.05) is 0 Å². The zero-order chi connectivity index (χ0) is 14.7. The van der Waals surface area contributed by atoms with E-state index in [9.17, 15) is 9.59 Å². The van der Waals surface area contributed by atoms with Gasteiger partial charge in [0, 0.05) is 19.1 Å². The maximum Gasteiger partial charge on any atom is 0.328 e. The first-order valence-corrected chi connectivity index (χ1v) is 7.05. The molecule has 2 fully saturated rings. The summed E-state index contributed by atoms with van der Waals surface area (Å²) in [6.07, 6.45) is 0.894. The van der Waals surface area contributed by atoms with Crippen LogP contribution in [0, 0.1) is 5.92 Å². The van der Waals surface area contributed by atoms with Crippen LogP contribution in [0.15, 0.2) is 0 Å². The molecule has 20 heavy (non-hydrogen) atoms. The van der Waals surface area contributed by atoms with Gasteiger partial charge in [0.25, 0.3) is 0 Å². The fourth-order valence-corrected chi connectivity index (χ4v) is 2.86. The first kappa shape index (κ1) is 15.1. The monoisotopic (exact) mass is 285 g/mol. The van der Waals surface area contributed by atoms with Crippen molar-refractivity contribution in [2.75, 3.05) is 39.9 Å². The van der Waals surface area contributed by atoms with Crippen LogP contribution in [-0.4, -0.2) is 78.9 Å². The molecule has 0 aromatic heterocycles. The Bertz CT molecular complexity index is 377. The predicted molar refractivity (Wildman–Crippen MR) is 72.5 cm³/mol. The molecule has 2 N–H and O–H groups in total. The highest BCUT2D eigenvalue weighted by Gasteiger charge is 2.34. The van der Waals surface area contributed by atoms with E-state index in [4.69, 9.17) is 9.84 Å². The Hall–Kier alpha value is -1.34. The Morgan fingerprint density at radius 2 is 2.10 bits per heavy atom. The first-order chi connectivity index (χ1) is 9.49. The Balaban J connectivity index is 1.94. The molecule has 7 heteroatoms.